The molecule has 0 aromatic carbocycles. The highest BCUT2D eigenvalue weighted by atomic mass is 16.5. The van der Waals surface area contributed by atoms with Gasteiger partial charge in [0.2, 0.25) is 5.91 Å². The average Bonchev–Trinajstić information content (AvgIpc) is 3.53. The minimum Gasteiger partial charge on any atom is -0.466 e. The lowest BCUT2D eigenvalue weighted by Gasteiger charge is -2.20. The maximum atomic E-state index is 12.5. The number of hydrogen-bond acceptors (Lipinski definition) is 5. The fourth-order valence-corrected chi connectivity index (χ4v) is 12.1. The summed E-state index contributed by atoms with van der Waals surface area (Å²) < 4.78 is 5.51. The number of carbonyl (C=O) groups excluding carboxylic acids is 2. The van der Waals surface area contributed by atoms with Crippen LogP contribution in [0.25, 0.3) is 0 Å². The first-order chi connectivity index (χ1) is 42.5. The predicted octanol–water partition coefficient (Wildman–Crippen LogP) is 25.6. The van der Waals surface area contributed by atoms with Crippen LogP contribution >= 0.6 is 0 Å². The molecule has 0 fully saturated rings. The summed E-state index contributed by atoms with van der Waals surface area (Å²) in [7, 11) is 0. The Balaban J connectivity index is 3.32. The average molecular weight is 1210 g/mol. The van der Waals surface area contributed by atoms with E-state index in [1.165, 1.54) is 347 Å². The van der Waals surface area contributed by atoms with Crippen molar-refractivity contribution in [1.29, 1.82) is 0 Å². The summed E-state index contributed by atoms with van der Waals surface area (Å²) in [6.45, 7) is 4.91. The van der Waals surface area contributed by atoms with Crippen molar-refractivity contribution >= 4 is 11.9 Å². The zero-order chi connectivity index (χ0) is 62.0. The number of esters is 1. The largest absolute Gasteiger partial charge is 0.466 e. The summed E-state index contributed by atoms with van der Waals surface area (Å²) in [4.78, 5) is 24.6. The molecule has 0 saturated carbocycles. The van der Waals surface area contributed by atoms with Crippen LogP contribution in [0, 0.1) is 0 Å². The Kier molecular flexibility index (Phi) is 73.4. The van der Waals surface area contributed by atoms with Gasteiger partial charge in [-0.1, -0.05) is 371 Å². The first-order valence-electron chi connectivity index (χ1n) is 38.9. The van der Waals surface area contributed by atoms with Crippen molar-refractivity contribution in [2.24, 2.45) is 0 Å². The summed E-state index contributed by atoms with van der Waals surface area (Å²) in [5, 5.41) is 23.1. The Hall–Kier alpha value is -2.18. The Morgan fingerprint density at radius 1 is 0.326 bits per heavy atom. The van der Waals surface area contributed by atoms with E-state index >= 15 is 0 Å². The van der Waals surface area contributed by atoms with Gasteiger partial charge in [-0.25, -0.2) is 0 Å². The first-order valence-corrected chi connectivity index (χ1v) is 38.9. The number of carbonyl (C=O) groups is 2. The molecule has 6 nitrogen and oxygen atoms in total. The van der Waals surface area contributed by atoms with E-state index in [4.69, 9.17) is 4.74 Å². The Bertz CT molecular complexity index is 1440. The lowest BCUT2D eigenvalue weighted by molar-refractivity contribution is -0.143. The quantitative estimate of drug-likeness (QED) is 0.0320. The van der Waals surface area contributed by atoms with Gasteiger partial charge in [-0.15, -0.1) is 0 Å². The number of allylic oxidation sites excluding steroid dienone is 7. The molecule has 0 radical (unpaired) electrons. The highest BCUT2D eigenvalue weighted by Gasteiger charge is 2.18. The number of amides is 1. The van der Waals surface area contributed by atoms with E-state index in [1.54, 1.807) is 6.08 Å². The van der Waals surface area contributed by atoms with Crippen molar-refractivity contribution in [2.45, 2.75) is 437 Å². The van der Waals surface area contributed by atoms with E-state index in [0.717, 1.165) is 51.4 Å². The maximum Gasteiger partial charge on any atom is 0.305 e. The molecule has 1 amide bonds. The molecule has 2 atom stereocenters. The lowest BCUT2D eigenvalue weighted by Crippen LogP contribution is -2.45. The minimum absolute atomic E-state index is 0.0152. The second-order valence-corrected chi connectivity index (χ2v) is 26.7. The number of aliphatic hydroxyl groups is 2. The Labute approximate surface area is 537 Å². The van der Waals surface area contributed by atoms with Gasteiger partial charge in [-0.2, -0.15) is 0 Å². The van der Waals surface area contributed by atoms with Crippen molar-refractivity contribution in [3.63, 3.8) is 0 Å². The number of nitrogens with one attached hydrogen (secondary N) is 1. The lowest BCUT2D eigenvalue weighted by atomic mass is 10.0. The zero-order valence-corrected chi connectivity index (χ0v) is 58.1. The highest BCUT2D eigenvalue weighted by molar-refractivity contribution is 5.76. The van der Waals surface area contributed by atoms with Gasteiger partial charge in [0.25, 0.3) is 0 Å². The Morgan fingerprint density at radius 2 is 0.581 bits per heavy atom. The van der Waals surface area contributed by atoms with E-state index in [1.807, 2.05) is 6.08 Å². The second kappa shape index (κ2) is 75.3. The number of unbranched alkanes of at least 4 members (excludes halogenated alkanes) is 56. The fraction of sp³-hybridized carbons (Fsp3) is 0.875. The summed E-state index contributed by atoms with van der Waals surface area (Å²) in [6, 6.07) is -0.624. The highest BCUT2D eigenvalue weighted by Crippen LogP contribution is 2.19. The van der Waals surface area contributed by atoms with Crippen LogP contribution < -0.4 is 5.32 Å². The molecule has 0 heterocycles. The molecule has 3 N–H and O–H groups in total. The summed E-state index contributed by atoms with van der Waals surface area (Å²) in [6.07, 6.45) is 99.6. The van der Waals surface area contributed by atoms with E-state index in [2.05, 4.69) is 55.6 Å². The normalized spacial score (nSPS) is 12.7. The zero-order valence-electron chi connectivity index (χ0n) is 58.1. The van der Waals surface area contributed by atoms with E-state index in [-0.39, 0.29) is 18.5 Å². The van der Waals surface area contributed by atoms with Crippen LogP contribution in [0.2, 0.25) is 0 Å². The van der Waals surface area contributed by atoms with E-state index < -0.39 is 12.1 Å². The van der Waals surface area contributed by atoms with Crippen LogP contribution in [0.4, 0.5) is 0 Å². The molecule has 0 aliphatic heterocycles. The molecule has 0 aromatic heterocycles. The van der Waals surface area contributed by atoms with Gasteiger partial charge in [0.1, 0.15) is 0 Å². The number of aliphatic hydroxyl groups excluding tert-OH is 2. The molecule has 2 unspecified atom stereocenters. The standard InChI is InChI=1S/C80H151NO5/c1-3-5-7-9-11-13-15-17-18-19-44-47-50-54-58-62-66-70-74-80(85)86-75-71-67-63-59-55-51-48-45-42-40-38-36-34-32-30-28-26-24-22-20-21-23-25-27-29-31-33-35-37-39-41-43-46-49-53-57-61-65-69-73-79(84)81-77(76-82)78(83)72-68-64-60-56-52-16-14-12-10-8-6-4-2/h13,15,18-21,68,72,77-78,82-83H,3-12,14,16-17,22-67,69-71,73-76H2,1-2H3,(H,81,84)/b15-13-,19-18-,21-20-,72-68+. The number of hydrogen-bond donors (Lipinski definition) is 3. The topological polar surface area (TPSA) is 95.9 Å². The van der Waals surface area contributed by atoms with E-state index in [0.29, 0.717) is 19.4 Å². The third kappa shape index (κ3) is 70.9. The molecule has 0 aromatic rings. The third-order valence-electron chi connectivity index (χ3n) is 18.1. The molecule has 0 rings (SSSR count). The summed E-state index contributed by atoms with van der Waals surface area (Å²) >= 11 is 0. The van der Waals surface area contributed by atoms with Crippen LogP contribution in [0.15, 0.2) is 48.6 Å². The van der Waals surface area contributed by atoms with Gasteiger partial charge < -0.3 is 20.3 Å². The first kappa shape index (κ1) is 83.8. The van der Waals surface area contributed by atoms with Crippen LogP contribution in [0.5, 0.6) is 0 Å². The summed E-state index contributed by atoms with van der Waals surface area (Å²) in [5.74, 6) is -0.0475. The van der Waals surface area contributed by atoms with Gasteiger partial charge in [-0.05, 0) is 89.9 Å². The predicted molar refractivity (Wildman–Crippen MR) is 379 cm³/mol. The number of rotatable bonds is 73. The SMILES string of the molecule is CCCCCC/C=C\C/C=C\CCCCCCCCCC(=O)OCCCCCCCCCCCCCCCCCCCC/C=C\CCCCCCCCCCCCCCCCCCCC(=O)NC(CO)C(O)/C=C/CCCCCCCCCCCC. The molecule has 506 valence electrons. The molecular weight excluding hydrogens is 1050 g/mol. The second-order valence-electron chi connectivity index (χ2n) is 26.7. The Morgan fingerprint density at radius 3 is 0.907 bits per heavy atom. The van der Waals surface area contributed by atoms with E-state index in [9.17, 15) is 19.8 Å². The molecular formula is C80H151NO5. The van der Waals surface area contributed by atoms with Crippen LogP contribution in [0.1, 0.15) is 425 Å². The molecule has 0 bridgehead atoms. The van der Waals surface area contributed by atoms with Gasteiger partial charge in [0.15, 0.2) is 0 Å². The molecule has 0 aliphatic rings. The molecule has 0 aliphatic carbocycles. The molecule has 86 heavy (non-hydrogen) atoms. The molecule has 6 heteroatoms. The van der Waals surface area contributed by atoms with Crippen molar-refractivity contribution in [3.8, 4) is 0 Å². The van der Waals surface area contributed by atoms with Crippen molar-refractivity contribution in [1.82, 2.24) is 5.32 Å². The van der Waals surface area contributed by atoms with Gasteiger partial charge in [0, 0.05) is 12.8 Å². The third-order valence-corrected chi connectivity index (χ3v) is 18.1. The summed E-state index contributed by atoms with van der Waals surface area (Å²) in [5.41, 5.74) is 0. The number of ether oxygens (including phenoxy) is 1. The van der Waals surface area contributed by atoms with Crippen molar-refractivity contribution in [3.05, 3.63) is 48.6 Å². The monoisotopic (exact) mass is 1210 g/mol. The van der Waals surface area contributed by atoms with Gasteiger partial charge in [0.05, 0.1) is 25.4 Å². The van der Waals surface area contributed by atoms with Gasteiger partial charge in [-0.3, -0.25) is 9.59 Å². The van der Waals surface area contributed by atoms with Crippen LogP contribution in [-0.4, -0.2) is 47.4 Å². The van der Waals surface area contributed by atoms with Crippen molar-refractivity contribution < 1.29 is 24.5 Å². The fourth-order valence-electron chi connectivity index (χ4n) is 12.1. The van der Waals surface area contributed by atoms with Crippen LogP contribution in [0.3, 0.4) is 0 Å². The van der Waals surface area contributed by atoms with Gasteiger partial charge >= 0.3 is 5.97 Å². The minimum atomic E-state index is -0.840. The van der Waals surface area contributed by atoms with Crippen molar-refractivity contribution in [2.75, 3.05) is 13.2 Å². The molecule has 0 saturated heterocycles. The smallest absolute Gasteiger partial charge is 0.305 e. The molecule has 0 spiro atoms. The van der Waals surface area contributed by atoms with Crippen LogP contribution in [-0.2, 0) is 14.3 Å². The maximum absolute atomic E-state index is 12.5.